The van der Waals surface area contributed by atoms with Crippen LogP contribution in [0.15, 0.2) is 0 Å². The van der Waals surface area contributed by atoms with Crippen molar-refractivity contribution >= 4 is 0 Å². The number of aliphatic hydroxyl groups is 2. The quantitative estimate of drug-likeness (QED) is 0.789. The minimum atomic E-state index is -2.83. The Morgan fingerprint density at radius 3 is 2.45 bits per heavy atom. The molecule has 2 aliphatic carbocycles. The number of alkyl halides is 2. The first-order chi connectivity index (χ1) is 9.95. The molecule has 2 aliphatic rings. The Hall–Kier alpha value is -0.220. The fourth-order valence-corrected chi connectivity index (χ4v) is 5.44. The van der Waals surface area contributed by atoms with E-state index in [-0.39, 0.29) is 35.7 Å². The molecular weight excluding hydrogens is 286 g/mol. The van der Waals surface area contributed by atoms with Crippen molar-refractivity contribution in [2.75, 3.05) is 0 Å². The van der Waals surface area contributed by atoms with E-state index in [0.717, 1.165) is 32.1 Å². The molecule has 0 spiro atoms. The molecule has 0 amide bonds. The third-order valence-electron chi connectivity index (χ3n) is 6.16. The Morgan fingerprint density at radius 2 is 1.86 bits per heavy atom. The van der Waals surface area contributed by atoms with E-state index in [1.165, 1.54) is 13.8 Å². The molecule has 2 nitrogen and oxygen atoms in total. The summed E-state index contributed by atoms with van der Waals surface area (Å²) >= 11 is 0. The zero-order chi connectivity index (χ0) is 16.8. The molecule has 5 atom stereocenters. The normalized spacial score (nSPS) is 37.9. The molecule has 0 aliphatic heterocycles. The molecule has 0 unspecified atom stereocenters. The molecule has 22 heavy (non-hydrogen) atoms. The summed E-state index contributed by atoms with van der Waals surface area (Å²) in [6.45, 7) is 7.01. The van der Waals surface area contributed by atoms with Gasteiger partial charge in [0.05, 0.1) is 11.7 Å². The van der Waals surface area contributed by atoms with Crippen LogP contribution >= 0.6 is 0 Å². The molecule has 0 bridgehead atoms. The highest BCUT2D eigenvalue weighted by atomic mass is 19.3. The van der Waals surface area contributed by atoms with Crippen LogP contribution in [0.2, 0.25) is 0 Å². The molecule has 130 valence electrons. The van der Waals surface area contributed by atoms with Gasteiger partial charge in [-0.2, -0.15) is 0 Å². The van der Waals surface area contributed by atoms with Crippen LogP contribution in [0.25, 0.3) is 0 Å². The smallest absolute Gasteiger partial charge is 0.251 e. The van der Waals surface area contributed by atoms with Crippen LogP contribution in [0.3, 0.4) is 0 Å². The molecule has 0 heterocycles. The minimum Gasteiger partial charge on any atom is -0.393 e. The summed E-state index contributed by atoms with van der Waals surface area (Å²) in [4.78, 5) is 0. The van der Waals surface area contributed by atoms with E-state index in [9.17, 15) is 19.0 Å². The van der Waals surface area contributed by atoms with Crippen LogP contribution in [0.1, 0.15) is 72.6 Å². The van der Waals surface area contributed by atoms with Gasteiger partial charge in [0.25, 0.3) is 5.92 Å². The first-order valence-corrected chi connectivity index (χ1v) is 8.73. The van der Waals surface area contributed by atoms with E-state index in [4.69, 9.17) is 0 Å². The minimum absolute atomic E-state index is 0.00188. The molecule has 0 aromatic heterocycles. The van der Waals surface area contributed by atoms with Gasteiger partial charge < -0.3 is 10.2 Å². The van der Waals surface area contributed by atoms with Gasteiger partial charge in [0.2, 0.25) is 0 Å². The second kappa shape index (κ2) is 6.01. The highest BCUT2D eigenvalue weighted by Crippen LogP contribution is 2.58. The largest absolute Gasteiger partial charge is 0.393 e. The van der Waals surface area contributed by atoms with Gasteiger partial charge in [0, 0.05) is 12.8 Å². The zero-order valence-corrected chi connectivity index (χ0v) is 14.4. The number of fused-ring (bicyclic) bond motifs is 1. The predicted molar refractivity (Wildman–Crippen MR) is 83.8 cm³/mol. The second-order valence-corrected chi connectivity index (χ2v) is 8.78. The lowest BCUT2D eigenvalue weighted by Crippen LogP contribution is -2.42. The van der Waals surface area contributed by atoms with Crippen molar-refractivity contribution in [3.05, 3.63) is 0 Å². The maximum atomic E-state index is 14.2. The topological polar surface area (TPSA) is 40.5 Å². The molecule has 2 fully saturated rings. The van der Waals surface area contributed by atoms with Crippen LogP contribution in [-0.2, 0) is 0 Å². The molecule has 2 rings (SSSR count). The summed E-state index contributed by atoms with van der Waals surface area (Å²) in [5.74, 6) is -2.39. The van der Waals surface area contributed by atoms with Gasteiger partial charge in [-0.15, -0.1) is 0 Å². The fraction of sp³-hybridized carbons (Fsp3) is 1.00. The Morgan fingerprint density at radius 1 is 1.23 bits per heavy atom. The van der Waals surface area contributed by atoms with E-state index in [0.29, 0.717) is 0 Å². The summed E-state index contributed by atoms with van der Waals surface area (Å²) in [7, 11) is 0. The SMILES string of the molecule is C[C@H](CC(F)(F)CC(C)(C)O)[C@H]1CC[C@H]2[C@@H](O)CCC[C@]12C. The van der Waals surface area contributed by atoms with Gasteiger partial charge in [0.1, 0.15) is 0 Å². The van der Waals surface area contributed by atoms with Crippen LogP contribution < -0.4 is 0 Å². The second-order valence-electron chi connectivity index (χ2n) is 8.78. The average molecular weight is 318 g/mol. The van der Waals surface area contributed by atoms with Gasteiger partial charge in [-0.3, -0.25) is 0 Å². The Labute approximate surface area is 133 Å². The Bertz CT molecular complexity index is 391. The van der Waals surface area contributed by atoms with Crippen LogP contribution in [0.5, 0.6) is 0 Å². The molecule has 0 aromatic carbocycles. The molecular formula is C18H32F2O2. The molecule has 0 aromatic rings. The van der Waals surface area contributed by atoms with Gasteiger partial charge >= 0.3 is 0 Å². The van der Waals surface area contributed by atoms with Crippen LogP contribution in [0, 0.1) is 23.2 Å². The van der Waals surface area contributed by atoms with E-state index in [1.54, 1.807) is 0 Å². The lowest BCUT2D eigenvalue weighted by atomic mass is 9.61. The van der Waals surface area contributed by atoms with E-state index in [1.807, 2.05) is 6.92 Å². The van der Waals surface area contributed by atoms with E-state index >= 15 is 0 Å². The Kier molecular flexibility index (Phi) is 4.95. The molecule has 0 radical (unpaired) electrons. The lowest BCUT2D eigenvalue weighted by molar-refractivity contribution is -0.0986. The zero-order valence-electron chi connectivity index (χ0n) is 14.4. The number of rotatable bonds is 5. The summed E-state index contributed by atoms with van der Waals surface area (Å²) in [5, 5.41) is 19.9. The first-order valence-electron chi connectivity index (χ1n) is 8.73. The number of halogens is 2. The van der Waals surface area contributed by atoms with Crippen molar-refractivity contribution in [2.24, 2.45) is 23.2 Å². The predicted octanol–water partition coefficient (Wildman–Crippen LogP) is 4.39. The summed E-state index contributed by atoms with van der Waals surface area (Å²) in [6.07, 6.45) is 3.89. The third kappa shape index (κ3) is 3.81. The highest BCUT2D eigenvalue weighted by Gasteiger charge is 2.53. The van der Waals surface area contributed by atoms with Crippen molar-refractivity contribution in [2.45, 2.75) is 90.3 Å². The fourth-order valence-electron chi connectivity index (χ4n) is 5.44. The van der Waals surface area contributed by atoms with Crippen molar-refractivity contribution in [1.29, 1.82) is 0 Å². The number of hydrogen-bond donors (Lipinski definition) is 2. The Balaban J connectivity index is 2.05. The van der Waals surface area contributed by atoms with Crippen molar-refractivity contribution < 1.29 is 19.0 Å². The third-order valence-corrected chi connectivity index (χ3v) is 6.16. The van der Waals surface area contributed by atoms with Gasteiger partial charge in [-0.1, -0.05) is 20.3 Å². The first kappa shape index (κ1) is 18.1. The average Bonchev–Trinajstić information content (AvgIpc) is 2.63. The van der Waals surface area contributed by atoms with E-state index in [2.05, 4.69) is 6.92 Å². The molecule has 2 saturated carbocycles. The van der Waals surface area contributed by atoms with Crippen molar-refractivity contribution in [3.63, 3.8) is 0 Å². The summed E-state index contributed by atoms with van der Waals surface area (Å²) < 4.78 is 28.5. The maximum absolute atomic E-state index is 14.2. The van der Waals surface area contributed by atoms with Crippen LogP contribution in [-0.4, -0.2) is 27.8 Å². The number of aliphatic hydroxyl groups excluding tert-OH is 1. The summed E-state index contributed by atoms with van der Waals surface area (Å²) in [6, 6.07) is 0. The highest BCUT2D eigenvalue weighted by molar-refractivity contribution is 5.02. The van der Waals surface area contributed by atoms with E-state index < -0.39 is 17.9 Å². The summed E-state index contributed by atoms with van der Waals surface area (Å²) in [5.41, 5.74) is -1.34. The van der Waals surface area contributed by atoms with Crippen molar-refractivity contribution in [1.82, 2.24) is 0 Å². The van der Waals surface area contributed by atoms with Crippen LogP contribution in [0.4, 0.5) is 8.78 Å². The van der Waals surface area contributed by atoms with Gasteiger partial charge in [0.15, 0.2) is 0 Å². The monoisotopic (exact) mass is 318 g/mol. The van der Waals surface area contributed by atoms with Gasteiger partial charge in [-0.05, 0) is 62.7 Å². The lowest BCUT2D eigenvalue weighted by Gasteiger charge is -2.45. The number of hydrogen-bond acceptors (Lipinski definition) is 2. The molecule has 4 heteroatoms. The molecule has 0 saturated heterocycles. The van der Waals surface area contributed by atoms with Crippen molar-refractivity contribution in [3.8, 4) is 0 Å². The maximum Gasteiger partial charge on any atom is 0.251 e. The molecule has 2 N–H and O–H groups in total. The van der Waals surface area contributed by atoms with Gasteiger partial charge in [-0.25, -0.2) is 8.78 Å². The standard InChI is InChI=1S/C18H32F2O2/c1-12(10-18(19,20)11-16(2,3)22)13-7-8-14-15(21)6-5-9-17(13,14)4/h12-15,21-22H,5-11H2,1-4H3/t12-,13-,14+,15+,17-/m1/s1.